The number of nitro benzene ring substituents is 1. The summed E-state index contributed by atoms with van der Waals surface area (Å²) in [5.41, 5.74) is 7.34. The lowest BCUT2D eigenvalue weighted by Gasteiger charge is -2.14. The Morgan fingerprint density at radius 2 is 1.86 bits per heavy atom. The molecule has 1 amide bonds. The molecule has 0 spiro atoms. The van der Waals surface area contributed by atoms with Gasteiger partial charge in [-0.15, -0.1) is 0 Å². The molecule has 0 unspecified atom stereocenters. The molecule has 0 radical (unpaired) electrons. The van der Waals surface area contributed by atoms with E-state index >= 15 is 0 Å². The van der Waals surface area contributed by atoms with Gasteiger partial charge in [-0.3, -0.25) is 14.9 Å². The smallest absolute Gasteiger partial charge is 0.269 e. The predicted molar refractivity (Wildman–Crippen MR) is 143 cm³/mol. The van der Waals surface area contributed by atoms with Crippen molar-refractivity contribution < 1.29 is 19.2 Å². The first-order valence-corrected chi connectivity index (χ1v) is 12.0. The van der Waals surface area contributed by atoms with Gasteiger partial charge >= 0.3 is 0 Å². The van der Waals surface area contributed by atoms with Crippen LogP contribution in [0.5, 0.6) is 11.5 Å². The summed E-state index contributed by atoms with van der Waals surface area (Å²) in [5.74, 6) is 0.919. The summed E-state index contributed by atoms with van der Waals surface area (Å²) in [6.45, 7) is 6.56. The summed E-state index contributed by atoms with van der Waals surface area (Å²) >= 11 is 2.15. The number of benzene rings is 3. The fourth-order valence-corrected chi connectivity index (χ4v) is 4.15. The summed E-state index contributed by atoms with van der Waals surface area (Å²) in [6, 6.07) is 15.9. The lowest BCUT2D eigenvalue weighted by atomic mass is 10.0. The Bertz CT molecular complexity index is 1240. The second-order valence-corrected chi connectivity index (χ2v) is 9.04. The minimum Gasteiger partial charge on any atom is -0.490 e. The van der Waals surface area contributed by atoms with E-state index in [1.807, 2.05) is 45.0 Å². The number of hydrogen-bond donors (Lipinski definition) is 1. The molecule has 0 aliphatic rings. The van der Waals surface area contributed by atoms with Crippen molar-refractivity contribution in [3.05, 3.63) is 96.1 Å². The first-order valence-electron chi connectivity index (χ1n) is 11.0. The zero-order chi connectivity index (χ0) is 25.4. The molecule has 0 aliphatic carbocycles. The fourth-order valence-electron chi connectivity index (χ4n) is 3.37. The molecule has 182 valence electrons. The van der Waals surface area contributed by atoms with Crippen LogP contribution in [-0.2, 0) is 17.8 Å². The van der Waals surface area contributed by atoms with Crippen LogP contribution in [-0.4, -0.2) is 23.7 Å². The van der Waals surface area contributed by atoms with E-state index in [0.717, 1.165) is 31.4 Å². The summed E-state index contributed by atoms with van der Waals surface area (Å²) in [4.78, 5) is 22.7. The van der Waals surface area contributed by atoms with Crippen molar-refractivity contribution >= 4 is 40.4 Å². The van der Waals surface area contributed by atoms with Crippen LogP contribution < -0.4 is 14.9 Å². The Balaban J connectivity index is 1.66. The van der Waals surface area contributed by atoms with Gasteiger partial charge < -0.3 is 9.47 Å². The van der Waals surface area contributed by atoms with E-state index < -0.39 is 4.92 Å². The summed E-state index contributed by atoms with van der Waals surface area (Å²) in [5, 5.41) is 14.9. The maximum Gasteiger partial charge on any atom is 0.269 e. The highest BCUT2D eigenvalue weighted by Gasteiger charge is 2.13. The van der Waals surface area contributed by atoms with Crippen LogP contribution in [0.15, 0.2) is 59.7 Å². The van der Waals surface area contributed by atoms with Crippen molar-refractivity contribution in [3.8, 4) is 11.5 Å². The van der Waals surface area contributed by atoms with Crippen LogP contribution >= 0.6 is 22.6 Å². The molecule has 0 bridgehead atoms. The van der Waals surface area contributed by atoms with Gasteiger partial charge in [-0.1, -0.05) is 23.8 Å². The highest BCUT2D eigenvalue weighted by Crippen LogP contribution is 2.34. The largest absolute Gasteiger partial charge is 0.490 e. The van der Waals surface area contributed by atoms with E-state index in [1.165, 1.54) is 12.1 Å². The fraction of sp³-hybridized carbons (Fsp3) is 0.231. The number of halogens is 1. The summed E-state index contributed by atoms with van der Waals surface area (Å²) in [6.07, 6.45) is 1.81. The maximum absolute atomic E-state index is 12.3. The number of hydrogen-bond acceptors (Lipinski definition) is 6. The number of ether oxygens (including phenoxy) is 2. The lowest BCUT2D eigenvalue weighted by Crippen LogP contribution is -2.20. The van der Waals surface area contributed by atoms with Crippen LogP contribution in [0.1, 0.15) is 34.7 Å². The Morgan fingerprint density at radius 1 is 1.11 bits per heavy atom. The normalized spacial score (nSPS) is 10.9. The number of amides is 1. The van der Waals surface area contributed by atoms with Crippen molar-refractivity contribution in [2.24, 2.45) is 5.10 Å². The minimum atomic E-state index is -0.437. The number of nitrogens with one attached hydrogen (secondary N) is 1. The van der Waals surface area contributed by atoms with Crippen LogP contribution in [0.2, 0.25) is 0 Å². The first-order chi connectivity index (χ1) is 16.8. The molecule has 0 atom stereocenters. The second kappa shape index (κ2) is 12.3. The lowest BCUT2D eigenvalue weighted by molar-refractivity contribution is -0.384. The van der Waals surface area contributed by atoms with Gasteiger partial charge in [-0.25, -0.2) is 5.43 Å². The van der Waals surface area contributed by atoms with E-state index in [0.29, 0.717) is 18.1 Å². The average Bonchev–Trinajstić information content (AvgIpc) is 2.81. The number of nitro groups is 1. The monoisotopic (exact) mass is 587 g/mol. The summed E-state index contributed by atoms with van der Waals surface area (Å²) in [7, 11) is 0. The summed E-state index contributed by atoms with van der Waals surface area (Å²) < 4.78 is 12.5. The molecular weight excluding hydrogens is 561 g/mol. The molecule has 0 aromatic heterocycles. The molecule has 8 nitrogen and oxygen atoms in total. The second-order valence-electron chi connectivity index (χ2n) is 7.88. The number of nitrogens with zero attached hydrogens (tertiary/aromatic N) is 2. The quantitative estimate of drug-likeness (QED) is 0.146. The van der Waals surface area contributed by atoms with E-state index in [9.17, 15) is 14.9 Å². The number of carbonyl (C=O) groups is 1. The van der Waals surface area contributed by atoms with Crippen molar-refractivity contribution in [1.29, 1.82) is 0 Å². The molecule has 9 heteroatoms. The van der Waals surface area contributed by atoms with Gasteiger partial charge in [0, 0.05) is 12.1 Å². The van der Waals surface area contributed by atoms with Crippen LogP contribution in [0.4, 0.5) is 5.69 Å². The average molecular weight is 587 g/mol. The highest BCUT2D eigenvalue weighted by molar-refractivity contribution is 14.1. The Kier molecular flexibility index (Phi) is 9.18. The van der Waals surface area contributed by atoms with Gasteiger partial charge in [-0.05, 0) is 89.9 Å². The number of aryl methyl sites for hydroxylation is 2. The maximum atomic E-state index is 12.3. The molecule has 0 saturated carbocycles. The van der Waals surface area contributed by atoms with Gasteiger partial charge in [0.15, 0.2) is 11.5 Å². The SMILES string of the molecule is CCOc1cc(/C=N\NC(=O)Cc2ccc(C)cc2C)cc(I)c1OCc1ccc([N+](=O)[O-])cc1. The number of non-ortho nitro benzene ring substituents is 1. The third-order valence-corrected chi connectivity index (χ3v) is 5.92. The Hall–Kier alpha value is -3.47. The first kappa shape index (κ1) is 26.1. The zero-order valence-electron chi connectivity index (χ0n) is 19.7. The van der Waals surface area contributed by atoms with E-state index in [1.54, 1.807) is 24.4 Å². The molecule has 0 saturated heterocycles. The molecule has 0 heterocycles. The van der Waals surface area contributed by atoms with Crippen LogP contribution in [0.25, 0.3) is 0 Å². The van der Waals surface area contributed by atoms with E-state index in [2.05, 4.69) is 33.1 Å². The van der Waals surface area contributed by atoms with Crippen molar-refractivity contribution in [2.45, 2.75) is 33.8 Å². The molecule has 3 aromatic rings. The molecule has 0 aliphatic heterocycles. The Morgan fingerprint density at radius 3 is 2.51 bits per heavy atom. The highest BCUT2D eigenvalue weighted by atomic mass is 127. The van der Waals surface area contributed by atoms with Gasteiger partial charge in [0.25, 0.3) is 5.69 Å². The third-order valence-electron chi connectivity index (χ3n) is 5.11. The Labute approximate surface area is 217 Å². The van der Waals surface area contributed by atoms with Crippen molar-refractivity contribution in [3.63, 3.8) is 0 Å². The van der Waals surface area contributed by atoms with Gasteiger partial charge in [0.05, 0.1) is 27.7 Å². The third kappa shape index (κ3) is 7.51. The number of rotatable bonds is 10. The molecule has 1 N–H and O–H groups in total. The predicted octanol–water partition coefficient (Wildman–Crippen LogP) is 5.49. The van der Waals surface area contributed by atoms with Gasteiger partial charge in [0.1, 0.15) is 6.61 Å². The van der Waals surface area contributed by atoms with Crippen molar-refractivity contribution in [2.75, 3.05) is 6.61 Å². The minimum absolute atomic E-state index is 0.0306. The van der Waals surface area contributed by atoms with Crippen molar-refractivity contribution in [1.82, 2.24) is 5.43 Å². The van der Waals surface area contributed by atoms with E-state index in [4.69, 9.17) is 9.47 Å². The number of hydrazone groups is 1. The van der Waals surface area contributed by atoms with Gasteiger partial charge in [0.2, 0.25) is 5.91 Å². The van der Waals surface area contributed by atoms with Crippen LogP contribution in [0, 0.1) is 27.5 Å². The molecular formula is C26H26IN3O5. The zero-order valence-corrected chi connectivity index (χ0v) is 21.9. The molecule has 0 fully saturated rings. The van der Waals surface area contributed by atoms with E-state index in [-0.39, 0.29) is 24.6 Å². The topological polar surface area (TPSA) is 103 Å². The van der Waals surface area contributed by atoms with Gasteiger partial charge in [-0.2, -0.15) is 5.10 Å². The molecule has 35 heavy (non-hydrogen) atoms. The number of carbonyl (C=O) groups excluding carboxylic acids is 1. The van der Waals surface area contributed by atoms with Crippen LogP contribution in [0.3, 0.4) is 0 Å². The molecule has 3 rings (SSSR count). The molecule has 3 aromatic carbocycles. The standard InChI is InChI=1S/C26H26IN3O5/c1-4-34-24-13-20(15-28-29-25(31)14-21-8-5-17(2)11-18(21)3)12-23(27)26(24)35-16-19-6-9-22(10-7-19)30(32)33/h5-13,15H,4,14,16H2,1-3H3,(H,29,31)/b28-15-.